The van der Waals surface area contributed by atoms with E-state index in [9.17, 15) is 14.9 Å². The van der Waals surface area contributed by atoms with Gasteiger partial charge in [0.2, 0.25) is 0 Å². The maximum atomic E-state index is 12.7. The van der Waals surface area contributed by atoms with E-state index in [2.05, 4.69) is 10.1 Å². The Kier molecular flexibility index (Phi) is 5.40. The van der Waals surface area contributed by atoms with Gasteiger partial charge in [-0.25, -0.2) is 20.0 Å². The third-order valence-corrected chi connectivity index (χ3v) is 3.81. The number of guanidine groups is 1. The first-order chi connectivity index (χ1) is 12.5. The van der Waals surface area contributed by atoms with Crippen LogP contribution in [0, 0.1) is 10.1 Å². The molecule has 1 aliphatic heterocycles. The van der Waals surface area contributed by atoms with Gasteiger partial charge in [0.1, 0.15) is 23.7 Å². The number of nitrogens with zero attached hydrogens (tertiary/aromatic N) is 5. The average molecular weight is 376 g/mol. The second kappa shape index (κ2) is 7.89. The van der Waals surface area contributed by atoms with Crippen molar-refractivity contribution in [1.82, 2.24) is 14.8 Å². The van der Waals surface area contributed by atoms with Crippen LogP contribution >= 0.6 is 11.6 Å². The summed E-state index contributed by atoms with van der Waals surface area (Å²) >= 11 is 5.77. The van der Waals surface area contributed by atoms with Gasteiger partial charge in [-0.1, -0.05) is 35.9 Å². The lowest BCUT2D eigenvalue weighted by atomic mass is 10.2. The summed E-state index contributed by atoms with van der Waals surface area (Å²) in [7, 11) is 0. The number of nitro groups is 1. The molecule has 0 radical (unpaired) electrons. The number of hydrogen-bond donors (Lipinski definition) is 0. The fourth-order valence-corrected chi connectivity index (χ4v) is 2.55. The van der Waals surface area contributed by atoms with Crippen molar-refractivity contribution in [2.75, 3.05) is 13.5 Å². The number of hydrogen-bond acceptors (Lipinski definition) is 5. The largest absolute Gasteiger partial charge is 0.340 e. The van der Waals surface area contributed by atoms with Crippen molar-refractivity contribution in [1.29, 1.82) is 0 Å². The predicted molar refractivity (Wildman–Crippen MR) is 92.6 cm³/mol. The normalized spacial score (nSPS) is 16.0. The van der Waals surface area contributed by atoms with Crippen molar-refractivity contribution < 1.29 is 14.6 Å². The molecule has 9 nitrogen and oxygen atoms in total. The highest BCUT2D eigenvalue weighted by Crippen LogP contribution is 2.16. The van der Waals surface area contributed by atoms with Crippen molar-refractivity contribution in [2.45, 2.75) is 6.54 Å². The number of pyridine rings is 1. The summed E-state index contributed by atoms with van der Waals surface area (Å²) in [5.74, 6) is -0.532. The number of ether oxygens (including phenoxy) is 1. The lowest BCUT2D eigenvalue weighted by Crippen LogP contribution is -2.53. The SMILES string of the molecule is O=C(c1ccccc1)N1COCN(Cc2ccc(Cl)nc2)C1=N[N+](=O)[O-]. The minimum absolute atomic E-state index is 0.0495. The Bertz CT molecular complexity index is 828. The molecule has 10 heteroatoms. The van der Waals surface area contributed by atoms with Crippen LogP contribution in [0.3, 0.4) is 0 Å². The van der Waals surface area contributed by atoms with Crippen LogP contribution in [0.4, 0.5) is 0 Å². The number of benzene rings is 1. The predicted octanol–water partition coefficient (Wildman–Crippen LogP) is 2.17. The third kappa shape index (κ3) is 4.13. The molecule has 2 heterocycles. The zero-order chi connectivity index (χ0) is 18.5. The summed E-state index contributed by atoms with van der Waals surface area (Å²) in [6, 6.07) is 11.8. The highest BCUT2D eigenvalue weighted by Gasteiger charge is 2.32. The molecule has 26 heavy (non-hydrogen) atoms. The summed E-state index contributed by atoms with van der Waals surface area (Å²) in [5.41, 5.74) is 1.12. The third-order valence-electron chi connectivity index (χ3n) is 3.59. The first-order valence-electron chi connectivity index (χ1n) is 7.57. The van der Waals surface area contributed by atoms with Crippen LogP contribution in [0.5, 0.6) is 0 Å². The van der Waals surface area contributed by atoms with E-state index in [4.69, 9.17) is 16.3 Å². The van der Waals surface area contributed by atoms with Crippen molar-refractivity contribution in [3.63, 3.8) is 0 Å². The highest BCUT2D eigenvalue weighted by molar-refractivity contribution is 6.29. The molecule has 0 atom stereocenters. The number of amides is 1. The van der Waals surface area contributed by atoms with E-state index in [0.29, 0.717) is 10.7 Å². The van der Waals surface area contributed by atoms with E-state index in [1.165, 1.54) is 4.90 Å². The number of aromatic nitrogens is 1. The minimum Gasteiger partial charge on any atom is -0.340 e. The van der Waals surface area contributed by atoms with Gasteiger partial charge >= 0.3 is 0 Å². The van der Waals surface area contributed by atoms with E-state index < -0.39 is 10.9 Å². The number of carbonyl (C=O) groups is 1. The van der Waals surface area contributed by atoms with Gasteiger partial charge < -0.3 is 9.64 Å². The molecule has 1 aliphatic rings. The van der Waals surface area contributed by atoms with Crippen LogP contribution in [-0.2, 0) is 11.3 Å². The fourth-order valence-electron chi connectivity index (χ4n) is 2.44. The fraction of sp³-hybridized carbons (Fsp3) is 0.188. The molecular formula is C16H14ClN5O4. The molecular weight excluding hydrogens is 362 g/mol. The number of rotatable bonds is 4. The van der Waals surface area contributed by atoms with E-state index in [1.54, 1.807) is 48.7 Å². The van der Waals surface area contributed by atoms with E-state index in [0.717, 1.165) is 10.5 Å². The quantitative estimate of drug-likeness (QED) is 0.461. The van der Waals surface area contributed by atoms with Gasteiger partial charge in [0.15, 0.2) is 5.03 Å². The smallest absolute Gasteiger partial charge is 0.285 e. The molecule has 1 saturated heterocycles. The molecule has 134 valence electrons. The van der Waals surface area contributed by atoms with Crippen molar-refractivity contribution >= 4 is 23.5 Å². The van der Waals surface area contributed by atoms with Gasteiger partial charge in [0.05, 0.1) is 0 Å². The Hall–Kier alpha value is -3.04. The molecule has 0 bridgehead atoms. The number of hydrazone groups is 1. The first kappa shape index (κ1) is 17.8. The minimum atomic E-state index is -0.834. The Morgan fingerprint density at radius 1 is 1.27 bits per heavy atom. The summed E-state index contributed by atoms with van der Waals surface area (Å²) in [4.78, 5) is 30.3. The topological polar surface area (TPSA) is 101 Å². The van der Waals surface area contributed by atoms with Gasteiger partial charge in [0, 0.05) is 18.3 Å². The standard InChI is InChI=1S/C16H14ClN5O4/c17-14-7-6-12(8-18-14)9-20-10-26-11-21(16(20)19-22(24)25)15(23)13-4-2-1-3-5-13/h1-8H,9-11H2. The molecule has 1 aromatic carbocycles. The van der Waals surface area contributed by atoms with Crippen molar-refractivity contribution in [3.8, 4) is 0 Å². The Morgan fingerprint density at radius 2 is 2.04 bits per heavy atom. The second-order valence-corrected chi connectivity index (χ2v) is 5.77. The van der Waals surface area contributed by atoms with Crippen LogP contribution < -0.4 is 0 Å². The molecule has 1 fully saturated rings. The molecule has 0 aliphatic carbocycles. The molecule has 2 aromatic rings. The molecule has 3 rings (SSSR count). The van der Waals surface area contributed by atoms with Crippen LogP contribution in [0.1, 0.15) is 15.9 Å². The van der Waals surface area contributed by atoms with Crippen molar-refractivity contribution in [3.05, 3.63) is 75.1 Å². The molecule has 0 N–H and O–H groups in total. The lowest BCUT2D eigenvalue weighted by molar-refractivity contribution is -0.486. The summed E-state index contributed by atoms with van der Waals surface area (Å²) < 4.78 is 5.43. The number of carbonyl (C=O) groups excluding carboxylic acids is 1. The Morgan fingerprint density at radius 3 is 2.69 bits per heavy atom. The van der Waals surface area contributed by atoms with Gasteiger partial charge in [0.25, 0.3) is 11.9 Å². The molecule has 0 saturated carbocycles. The zero-order valence-corrected chi connectivity index (χ0v) is 14.2. The van der Waals surface area contributed by atoms with Crippen LogP contribution in [0.15, 0.2) is 53.8 Å². The van der Waals surface area contributed by atoms with Gasteiger partial charge in [-0.3, -0.25) is 4.79 Å². The lowest BCUT2D eigenvalue weighted by Gasteiger charge is -2.35. The Balaban J connectivity index is 1.88. The van der Waals surface area contributed by atoms with Crippen LogP contribution in [-0.4, -0.2) is 45.1 Å². The zero-order valence-electron chi connectivity index (χ0n) is 13.5. The van der Waals surface area contributed by atoms with Gasteiger partial charge in [-0.15, -0.1) is 0 Å². The molecule has 0 unspecified atom stereocenters. The summed E-state index contributed by atoms with van der Waals surface area (Å²) in [6.45, 7) is 0.138. The van der Waals surface area contributed by atoms with Gasteiger partial charge in [-0.2, -0.15) is 0 Å². The maximum absolute atomic E-state index is 12.7. The number of halogens is 1. The molecule has 1 amide bonds. The van der Waals surface area contributed by atoms with Gasteiger partial charge in [-0.05, 0) is 23.8 Å². The molecule has 0 spiro atoms. The van der Waals surface area contributed by atoms with E-state index in [-0.39, 0.29) is 26.0 Å². The first-order valence-corrected chi connectivity index (χ1v) is 7.95. The monoisotopic (exact) mass is 375 g/mol. The second-order valence-electron chi connectivity index (χ2n) is 5.39. The highest BCUT2D eigenvalue weighted by atomic mass is 35.5. The van der Waals surface area contributed by atoms with Crippen LogP contribution in [0.2, 0.25) is 5.15 Å². The maximum Gasteiger partial charge on any atom is 0.285 e. The average Bonchev–Trinajstić information content (AvgIpc) is 2.65. The molecule has 1 aromatic heterocycles. The van der Waals surface area contributed by atoms with Crippen molar-refractivity contribution in [2.24, 2.45) is 5.10 Å². The summed E-state index contributed by atoms with van der Waals surface area (Å²) in [6.07, 6.45) is 1.55. The van der Waals surface area contributed by atoms with Crippen LogP contribution in [0.25, 0.3) is 0 Å². The Labute approximate surface area is 153 Å². The van der Waals surface area contributed by atoms with E-state index >= 15 is 0 Å². The summed E-state index contributed by atoms with van der Waals surface area (Å²) in [5, 5.41) is 13.9. The van der Waals surface area contributed by atoms with E-state index in [1.807, 2.05) is 0 Å².